The van der Waals surface area contributed by atoms with Gasteiger partial charge in [-0.1, -0.05) is 12.1 Å². The summed E-state index contributed by atoms with van der Waals surface area (Å²) in [6, 6.07) is 14.1. The third-order valence-electron chi connectivity index (χ3n) is 7.54. The maximum absolute atomic E-state index is 13.5. The number of ether oxygens (including phenoxy) is 1. The molecule has 2 atom stereocenters. The second-order valence-corrected chi connectivity index (χ2v) is 11.0. The molecule has 0 saturated carbocycles. The van der Waals surface area contributed by atoms with Gasteiger partial charge in [0.1, 0.15) is 5.75 Å². The van der Waals surface area contributed by atoms with Gasteiger partial charge < -0.3 is 14.5 Å². The van der Waals surface area contributed by atoms with Crippen molar-refractivity contribution in [3.8, 4) is 5.75 Å². The smallest absolute Gasteiger partial charge is 0.416 e. The molecule has 10 heteroatoms. The number of carbonyl (C=O) groups excluding carboxylic acids is 2. The summed E-state index contributed by atoms with van der Waals surface area (Å²) in [6.07, 6.45) is -3.56. The van der Waals surface area contributed by atoms with Gasteiger partial charge in [-0.3, -0.25) is 14.5 Å². The summed E-state index contributed by atoms with van der Waals surface area (Å²) in [4.78, 5) is 33.5. The highest BCUT2D eigenvalue weighted by molar-refractivity contribution is 7.10. The Kier molecular flexibility index (Phi) is 7.68. The predicted octanol–water partition coefficient (Wildman–Crippen LogP) is 5.10. The number of nitrogens with zero attached hydrogens (tertiary/aromatic N) is 3. The molecule has 1 saturated heterocycles. The lowest BCUT2D eigenvalue weighted by molar-refractivity contribution is -0.137. The Hall–Kier alpha value is -3.37. The van der Waals surface area contributed by atoms with Crippen LogP contribution in [0.5, 0.6) is 5.75 Å². The molecule has 0 unspecified atom stereocenters. The zero-order valence-corrected chi connectivity index (χ0v) is 22.6. The van der Waals surface area contributed by atoms with Crippen LogP contribution < -0.4 is 4.74 Å². The third kappa shape index (κ3) is 5.67. The van der Waals surface area contributed by atoms with Crippen LogP contribution in [-0.2, 0) is 17.4 Å². The summed E-state index contributed by atoms with van der Waals surface area (Å²) in [5.74, 6) is 0.449. The van der Waals surface area contributed by atoms with E-state index in [1.165, 1.54) is 22.6 Å². The Morgan fingerprint density at radius 1 is 1.00 bits per heavy atom. The minimum Gasteiger partial charge on any atom is -0.497 e. The molecule has 2 aromatic carbocycles. The summed E-state index contributed by atoms with van der Waals surface area (Å²) < 4.78 is 44.0. The Morgan fingerprint density at radius 2 is 1.72 bits per heavy atom. The largest absolute Gasteiger partial charge is 0.497 e. The van der Waals surface area contributed by atoms with Crippen LogP contribution >= 0.6 is 11.3 Å². The molecule has 1 aromatic heterocycles. The van der Waals surface area contributed by atoms with Crippen LogP contribution in [0.2, 0.25) is 0 Å². The molecule has 2 aliphatic rings. The number of amides is 2. The Morgan fingerprint density at radius 3 is 2.36 bits per heavy atom. The fourth-order valence-electron chi connectivity index (χ4n) is 5.44. The first-order valence-corrected chi connectivity index (χ1v) is 13.7. The lowest BCUT2D eigenvalue weighted by Crippen LogP contribution is -2.57. The highest BCUT2D eigenvalue weighted by Gasteiger charge is 2.35. The topological polar surface area (TPSA) is 53.1 Å². The van der Waals surface area contributed by atoms with Crippen LogP contribution in [0.15, 0.2) is 60.0 Å². The van der Waals surface area contributed by atoms with E-state index in [-0.39, 0.29) is 36.0 Å². The molecule has 0 aliphatic carbocycles. The molecule has 2 amide bonds. The normalized spacial score (nSPS) is 20.0. The van der Waals surface area contributed by atoms with Crippen molar-refractivity contribution in [2.45, 2.75) is 31.6 Å². The minimum absolute atomic E-state index is 0.000621. The molecule has 6 nitrogen and oxygen atoms in total. The molecule has 5 rings (SSSR count). The monoisotopic (exact) mass is 557 g/mol. The maximum atomic E-state index is 13.5. The number of thiophene rings is 1. The first-order chi connectivity index (χ1) is 18.7. The highest BCUT2D eigenvalue weighted by atomic mass is 32.1. The van der Waals surface area contributed by atoms with E-state index in [1.54, 1.807) is 28.2 Å². The van der Waals surface area contributed by atoms with Crippen molar-refractivity contribution >= 4 is 23.2 Å². The molecule has 0 N–H and O–H groups in total. The molecular formula is C29H30F3N3O3S. The van der Waals surface area contributed by atoms with Crippen molar-refractivity contribution in [1.82, 2.24) is 14.7 Å². The zero-order chi connectivity index (χ0) is 27.7. The van der Waals surface area contributed by atoms with Gasteiger partial charge in [-0.25, -0.2) is 0 Å². The van der Waals surface area contributed by atoms with E-state index in [9.17, 15) is 22.8 Å². The third-order valence-corrected chi connectivity index (χ3v) is 8.53. The summed E-state index contributed by atoms with van der Waals surface area (Å²) in [5, 5.41) is 2.10. The first-order valence-electron chi connectivity index (χ1n) is 12.9. The average Bonchev–Trinajstić information content (AvgIpc) is 3.41. The highest BCUT2D eigenvalue weighted by Crippen LogP contribution is 2.38. The summed E-state index contributed by atoms with van der Waals surface area (Å²) in [7, 11) is 1.63. The van der Waals surface area contributed by atoms with E-state index in [0.717, 1.165) is 36.4 Å². The molecular weight excluding hydrogens is 527 g/mol. The fraction of sp³-hybridized carbons (Fsp3) is 0.379. The van der Waals surface area contributed by atoms with Crippen molar-refractivity contribution in [3.63, 3.8) is 0 Å². The van der Waals surface area contributed by atoms with E-state index in [0.29, 0.717) is 19.6 Å². The molecule has 39 heavy (non-hydrogen) atoms. The molecule has 0 spiro atoms. The fourth-order valence-corrected chi connectivity index (χ4v) is 6.35. The van der Waals surface area contributed by atoms with E-state index >= 15 is 0 Å². The Balaban J connectivity index is 1.25. The van der Waals surface area contributed by atoms with Crippen molar-refractivity contribution in [1.29, 1.82) is 0 Å². The van der Waals surface area contributed by atoms with E-state index in [1.807, 2.05) is 31.2 Å². The molecule has 2 aliphatic heterocycles. The standard InChI is InChI=1S/C29H30F3N3O3S/c1-19-17-33(14-15-35(19)28(37)21-3-7-22(8-4-21)29(30,31)32)26(36)18-34-13-11-25-24(12-16-39-25)27(34)20-5-9-23(38-2)10-6-20/h3-10,12,16,19,27H,11,13-15,17-18H2,1-2H3/t19-,27-/m0/s1. The van der Waals surface area contributed by atoms with Crippen LogP contribution in [0.3, 0.4) is 0 Å². The molecule has 0 bridgehead atoms. The molecule has 3 aromatic rings. The number of piperazine rings is 1. The predicted molar refractivity (Wildman–Crippen MR) is 143 cm³/mol. The van der Waals surface area contributed by atoms with Crippen LogP contribution in [0, 0.1) is 0 Å². The number of fused-ring (bicyclic) bond motifs is 1. The van der Waals surface area contributed by atoms with Gasteiger partial charge in [0.05, 0.1) is 25.3 Å². The number of hydrogen-bond acceptors (Lipinski definition) is 5. The first kappa shape index (κ1) is 27.2. The van der Waals surface area contributed by atoms with Gasteiger partial charge in [-0.05, 0) is 72.3 Å². The SMILES string of the molecule is COc1ccc([C@H]2c3ccsc3CCN2CC(=O)N2CCN(C(=O)c3ccc(C(F)(F)F)cc3)[C@@H](C)C2)cc1. The number of hydrogen-bond donors (Lipinski definition) is 0. The number of rotatable bonds is 5. The number of alkyl halides is 3. The van der Waals surface area contributed by atoms with Crippen LogP contribution in [0.25, 0.3) is 0 Å². The van der Waals surface area contributed by atoms with Crippen molar-refractivity contribution < 1.29 is 27.5 Å². The number of benzene rings is 2. The van der Waals surface area contributed by atoms with E-state index < -0.39 is 11.7 Å². The van der Waals surface area contributed by atoms with Gasteiger partial charge in [-0.2, -0.15) is 13.2 Å². The van der Waals surface area contributed by atoms with E-state index in [2.05, 4.69) is 16.3 Å². The van der Waals surface area contributed by atoms with Gasteiger partial charge in [0.2, 0.25) is 5.91 Å². The maximum Gasteiger partial charge on any atom is 0.416 e. The van der Waals surface area contributed by atoms with Crippen molar-refractivity contribution in [3.05, 3.63) is 87.1 Å². The van der Waals surface area contributed by atoms with Gasteiger partial charge >= 0.3 is 6.18 Å². The van der Waals surface area contributed by atoms with Crippen molar-refractivity contribution in [2.24, 2.45) is 0 Å². The van der Waals surface area contributed by atoms with E-state index in [4.69, 9.17) is 4.74 Å². The number of methoxy groups -OCH3 is 1. The minimum atomic E-state index is -4.45. The Bertz CT molecular complexity index is 1320. The summed E-state index contributed by atoms with van der Waals surface area (Å²) in [5.41, 5.74) is 1.74. The van der Waals surface area contributed by atoms with Crippen molar-refractivity contribution in [2.75, 3.05) is 39.8 Å². The van der Waals surface area contributed by atoms with Crippen LogP contribution in [-0.4, -0.2) is 72.4 Å². The average molecular weight is 558 g/mol. The van der Waals surface area contributed by atoms with Gasteiger partial charge in [-0.15, -0.1) is 11.3 Å². The quantitative estimate of drug-likeness (QED) is 0.438. The van der Waals surface area contributed by atoms with Crippen LogP contribution in [0.1, 0.15) is 44.9 Å². The Labute approximate surface area is 229 Å². The summed E-state index contributed by atoms with van der Waals surface area (Å²) in [6.45, 7) is 3.95. The van der Waals surface area contributed by atoms with Gasteiger partial charge in [0.25, 0.3) is 5.91 Å². The van der Waals surface area contributed by atoms with Gasteiger partial charge in [0, 0.05) is 42.7 Å². The molecule has 0 radical (unpaired) electrons. The lowest BCUT2D eigenvalue weighted by atomic mass is 9.93. The molecule has 3 heterocycles. The molecule has 206 valence electrons. The second-order valence-electron chi connectivity index (χ2n) is 9.96. The summed E-state index contributed by atoms with van der Waals surface area (Å²) >= 11 is 1.74. The zero-order valence-electron chi connectivity index (χ0n) is 21.8. The second kappa shape index (κ2) is 11.0. The number of carbonyl (C=O) groups is 2. The number of halogens is 3. The lowest BCUT2D eigenvalue weighted by Gasteiger charge is -2.42. The molecule has 1 fully saturated rings. The van der Waals surface area contributed by atoms with Crippen LogP contribution in [0.4, 0.5) is 13.2 Å². The van der Waals surface area contributed by atoms with Gasteiger partial charge in [0.15, 0.2) is 0 Å².